The van der Waals surface area contributed by atoms with Gasteiger partial charge in [0.05, 0.1) is 5.56 Å². The van der Waals surface area contributed by atoms with Gasteiger partial charge in [-0.05, 0) is 6.26 Å². The van der Waals surface area contributed by atoms with Crippen LogP contribution < -0.4 is 5.56 Å². The molecule has 5 heteroatoms. The van der Waals surface area contributed by atoms with Crippen molar-refractivity contribution in [2.75, 3.05) is 13.3 Å². The first-order chi connectivity index (χ1) is 8.27. The summed E-state index contributed by atoms with van der Waals surface area (Å²) in [5, 5.41) is -0.0152. The molecule has 18 heavy (non-hydrogen) atoms. The van der Waals surface area contributed by atoms with Gasteiger partial charge >= 0.3 is 0 Å². The van der Waals surface area contributed by atoms with Gasteiger partial charge in [0.25, 0.3) is 5.91 Å². The summed E-state index contributed by atoms with van der Waals surface area (Å²) in [7, 11) is 1.78. The van der Waals surface area contributed by atoms with Gasteiger partial charge in [-0.25, -0.2) is 0 Å². The fourth-order valence-electron chi connectivity index (χ4n) is 2.36. The first kappa shape index (κ1) is 13.2. The summed E-state index contributed by atoms with van der Waals surface area (Å²) in [5.41, 5.74) is 1.97. The summed E-state index contributed by atoms with van der Waals surface area (Å²) in [4.78, 5) is 28.5. The molecule has 1 aliphatic rings. The van der Waals surface area contributed by atoms with E-state index in [2.05, 4.69) is 4.98 Å². The molecule has 0 fully saturated rings. The van der Waals surface area contributed by atoms with E-state index in [9.17, 15) is 9.59 Å². The Bertz CT molecular complexity index is 557. The van der Waals surface area contributed by atoms with E-state index in [1.165, 1.54) is 6.07 Å². The van der Waals surface area contributed by atoms with Crippen LogP contribution in [0.25, 0.3) is 0 Å². The lowest BCUT2D eigenvalue weighted by atomic mass is 9.87. The monoisotopic (exact) mass is 266 g/mol. The minimum Gasteiger partial charge on any atom is -0.325 e. The molecule has 0 saturated carbocycles. The Morgan fingerprint density at radius 3 is 2.44 bits per heavy atom. The number of amides is 1. The highest BCUT2D eigenvalue weighted by Crippen LogP contribution is 2.42. The standard InChI is InChI=1S/C13H18N2O2S/c1-13(2,3)10-9-7(6-8(16)14-10)11(17)15(4)12(9)18-5/h6,12H,1-5H3,(H,14,16). The van der Waals surface area contributed by atoms with Crippen LogP contribution in [0, 0.1) is 0 Å². The van der Waals surface area contributed by atoms with Gasteiger partial charge < -0.3 is 9.88 Å². The van der Waals surface area contributed by atoms with Crippen molar-refractivity contribution in [1.29, 1.82) is 0 Å². The van der Waals surface area contributed by atoms with E-state index in [0.29, 0.717) is 5.56 Å². The maximum Gasteiger partial charge on any atom is 0.255 e. The van der Waals surface area contributed by atoms with Crippen molar-refractivity contribution < 1.29 is 4.79 Å². The average Bonchev–Trinajstić information content (AvgIpc) is 2.50. The third-order valence-electron chi connectivity index (χ3n) is 3.21. The summed E-state index contributed by atoms with van der Waals surface area (Å²) < 4.78 is 0. The lowest BCUT2D eigenvalue weighted by molar-refractivity contribution is 0.0812. The van der Waals surface area contributed by atoms with E-state index in [4.69, 9.17) is 0 Å². The number of fused-ring (bicyclic) bond motifs is 1. The van der Waals surface area contributed by atoms with Crippen LogP contribution in [0.2, 0.25) is 0 Å². The van der Waals surface area contributed by atoms with Gasteiger partial charge in [0.1, 0.15) is 5.37 Å². The number of hydrogen-bond acceptors (Lipinski definition) is 3. The number of thioether (sulfide) groups is 1. The van der Waals surface area contributed by atoms with Crippen molar-refractivity contribution in [1.82, 2.24) is 9.88 Å². The number of hydrogen-bond donors (Lipinski definition) is 1. The van der Waals surface area contributed by atoms with Crippen LogP contribution in [0.5, 0.6) is 0 Å². The second kappa shape index (κ2) is 4.16. The van der Waals surface area contributed by atoms with Crippen LogP contribution >= 0.6 is 11.8 Å². The van der Waals surface area contributed by atoms with Gasteiger partial charge in [-0.1, -0.05) is 20.8 Å². The topological polar surface area (TPSA) is 53.2 Å². The number of aromatic amines is 1. The van der Waals surface area contributed by atoms with Gasteiger partial charge in [-0.15, -0.1) is 11.8 Å². The lowest BCUT2D eigenvalue weighted by Gasteiger charge is -2.25. The molecule has 4 nitrogen and oxygen atoms in total. The summed E-state index contributed by atoms with van der Waals surface area (Å²) >= 11 is 1.61. The molecule has 1 amide bonds. The van der Waals surface area contributed by atoms with Crippen molar-refractivity contribution in [3.8, 4) is 0 Å². The molecule has 0 saturated heterocycles. The van der Waals surface area contributed by atoms with Crippen molar-refractivity contribution in [3.05, 3.63) is 33.2 Å². The minimum atomic E-state index is -0.206. The van der Waals surface area contributed by atoms with Crippen LogP contribution in [0.4, 0.5) is 0 Å². The molecule has 98 valence electrons. The Balaban J connectivity index is 2.78. The van der Waals surface area contributed by atoms with Crippen LogP contribution in [0.1, 0.15) is 47.8 Å². The second-order valence-corrected chi connectivity index (χ2v) is 6.51. The normalized spacial score (nSPS) is 19.3. The quantitative estimate of drug-likeness (QED) is 0.847. The van der Waals surface area contributed by atoms with E-state index in [0.717, 1.165) is 11.3 Å². The molecule has 1 aromatic rings. The fraction of sp³-hybridized carbons (Fsp3) is 0.538. The summed E-state index contributed by atoms with van der Waals surface area (Å²) in [6.07, 6.45) is 1.97. The SMILES string of the molecule is CSC1c2c(cc(=O)[nH]c2C(C)(C)C)C(=O)N1C. The molecule has 0 radical (unpaired) electrons. The molecule has 2 heterocycles. The molecule has 1 unspecified atom stereocenters. The summed E-state index contributed by atoms with van der Waals surface area (Å²) in [6.45, 7) is 6.12. The molecule has 1 aromatic heterocycles. The largest absolute Gasteiger partial charge is 0.325 e. The molecule has 0 aliphatic carbocycles. The van der Waals surface area contributed by atoms with Crippen LogP contribution in [-0.4, -0.2) is 29.1 Å². The maximum atomic E-state index is 12.2. The predicted octanol–water partition coefficient (Wildman–Crippen LogP) is 2.12. The van der Waals surface area contributed by atoms with Gasteiger partial charge in [-0.2, -0.15) is 0 Å². The molecule has 0 aromatic carbocycles. The predicted molar refractivity (Wildman–Crippen MR) is 74.1 cm³/mol. The number of aromatic nitrogens is 1. The highest BCUT2D eigenvalue weighted by atomic mass is 32.2. The highest BCUT2D eigenvalue weighted by molar-refractivity contribution is 7.98. The molecule has 1 N–H and O–H groups in total. The van der Waals surface area contributed by atoms with Crippen molar-refractivity contribution >= 4 is 17.7 Å². The first-order valence-electron chi connectivity index (χ1n) is 5.85. The number of nitrogens with zero attached hydrogens (tertiary/aromatic N) is 1. The average molecular weight is 266 g/mol. The number of nitrogens with one attached hydrogen (secondary N) is 1. The van der Waals surface area contributed by atoms with Crippen molar-refractivity contribution in [2.24, 2.45) is 0 Å². The number of carbonyl (C=O) groups excluding carboxylic acids is 1. The van der Waals surface area contributed by atoms with Crippen molar-refractivity contribution in [3.63, 3.8) is 0 Å². The number of H-pyrrole nitrogens is 1. The molecule has 1 atom stereocenters. The van der Waals surface area contributed by atoms with Gasteiger partial charge in [0.15, 0.2) is 0 Å². The zero-order valence-electron chi connectivity index (χ0n) is 11.3. The Hall–Kier alpha value is -1.23. The third kappa shape index (κ3) is 1.86. The Morgan fingerprint density at radius 2 is 1.94 bits per heavy atom. The van der Waals surface area contributed by atoms with E-state index in [1.54, 1.807) is 23.7 Å². The van der Waals surface area contributed by atoms with Gasteiger partial charge in [-0.3, -0.25) is 9.59 Å². The number of pyridine rings is 1. The second-order valence-electron chi connectivity index (χ2n) is 5.59. The smallest absolute Gasteiger partial charge is 0.255 e. The van der Waals surface area contributed by atoms with E-state index >= 15 is 0 Å². The van der Waals surface area contributed by atoms with Crippen LogP contribution in [0.15, 0.2) is 10.9 Å². The maximum absolute atomic E-state index is 12.2. The number of rotatable bonds is 1. The van der Waals surface area contributed by atoms with Crippen molar-refractivity contribution in [2.45, 2.75) is 31.6 Å². The first-order valence-corrected chi connectivity index (χ1v) is 7.14. The fourth-order valence-corrected chi connectivity index (χ4v) is 3.25. The van der Waals surface area contributed by atoms with Crippen LogP contribution in [0.3, 0.4) is 0 Å². The zero-order chi connectivity index (χ0) is 13.7. The Kier molecular flexibility index (Phi) is 3.05. The lowest BCUT2D eigenvalue weighted by Crippen LogP contribution is -2.23. The third-order valence-corrected chi connectivity index (χ3v) is 4.20. The van der Waals surface area contributed by atoms with Crippen LogP contribution in [-0.2, 0) is 5.41 Å². The molecule has 0 spiro atoms. The number of carbonyl (C=O) groups is 1. The van der Waals surface area contributed by atoms with Gasteiger partial charge in [0.2, 0.25) is 5.56 Å². The zero-order valence-corrected chi connectivity index (χ0v) is 12.1. The summed E-state index contributed by atoms with van der Waals surface area (Å²) in [5.74, 6) is -0.0686. The molecular weight excluding hydrogens is 248 g/mol. The molecule has 2 rings (SSSR count). The van der Waals surface area contributed by atoms with E-state index < -0.39 is 0 Å². The molecular formula is C13H18N2O2S. The minimum absolute atomic E-state index is 0.0152. The van der Waals surface area contributed by atoms with Gasteiger partial charge in [0, 0.05) is 29.8 Å². The van der Waals surface area contributed by atoms with E-state index in [-0.39, 0.29) is 22.3 Å². The summed E-state index contributed by atoms with van der Waals surface area (Å²) in [6, 6.07) is 1.42. The highest BCUT2D eigenvalue weighted by Gasteiger charge is 2.38. The Labute approximate surface area is 111 Å². The Morgan fingerprint density at radius 1 is 1.33 bits per heavy atom. The van der Waals surface area contributed by atoms with E-state index in [1.807, 2.05) is 27.0 Å². The molecule has 0 bridgehead atoms. The molecule has 1 aliphatic heterocycles.